The number of aromatic nitrogens is 4. The van der Waals surface area contributed by atoms with E-state index in [9.17, 15) is 4.79 Å². The van der Waals surface area contributed by atoms with Crippen LogP contribution in [-0.4, -0.2) is 32.2 Å². The van der Waals surface area contributed by atoms with Crippen molar-refractivity contribution < 1.29 is 4.79 Å². The van der Waals surface area contributed by atoms with Crippen LogP contribution < -0.4 is 10.2 Å². The molecule has 0 unspecified atom stereocenters. The molecule has 1 aliphatic heterocycles. The number of thiophene rings is 1. The van der Waals surface area contributed by atoms with E-state index in [0.29, 0.717) is 6.54 Å². The van der Waals surface area contributed by atoms with Gasteiger partial charge in [-0.15, -0.1) is 11.3 Å². The second kappa shape index (κ2) is 6.60. The molecule has 0 radical (unpaired) electrons. The topological polar surface area (TPSA) is 75.9 Å². The van der Waals surface area contributed by atoms with Gasteiger partial charge in [-0.3, -0.25) is 9.48 Å². The fourth-order valence-electron chi connectivity index (χ4n) is 3.80. The number of hydrogen-bond donors (Lipinski definition) is 1. The van der Waals surface area contributed by atoms with E-state index in [1.807, 2.05) is 0 Å². The van der Waals surface area contributed by atoms with Gasteiger partial charge in [0.2, 0.25) is 5.91 Å². The van der Waals surface area contributed by atoms with Gasteiger partial charge in [-0.1, -0.05) is 6.42 Å². The molecule has 140 valence electrons. The SMILES string of the molecule is Cc1cc2c(N3CCn4nc(CNC(=O)C5CCC5)cc4C3)ncnc2s1. The number of amides is 1. The van der Waals surface area contributed by atoms with Crippen LogP contribution in [0, 0.1) is 12.8 Å². The summed E-state index contributed by atoms with van der Waals surface area (Å²) in [4.78, 5) is 25.6. The Morgan fingerprint density at radius 1 is 1.30 bits per heavy atom. The number of hydrogen-bond acceptors (Lipinski definition) is 6. The van der Waals surface area contributed by atoms with Crippen LogP contribution in [0.4, 0.5) is 5.82 Å². The van der Waals surface area contributed by atoms with Crippen LogP contribution in [0.3, 0.4) is 0 Å². The Morgan fingerprint density at radius 2 is 2.19 bits per heavy atom. The van der Waals surface area contributed by atoms with Gasteiger partial charge in [-0.2, -0.15) is 5.10 Å². The van der Waals surface area contributed by atoms with Crippen molar-refractivity contribution in [3.05, 3.63) is 34.7 Å². The average Bonchev–Trinajstić information content (AvgIpc) is 3.19. The number of carbonyl (C=O) groups is 1. The molecule has 0 bridgehead atoms. The quantitative estimate of drug-likeness (QED) is 0.751. The fraction of sp³-hybridized carbons (Fsp3) is 0.474. The number of anilines is 1. The average molecular weight is 382 g/mol. The largest absolute Gasteiger partial charge is 0.350 e. The van der Waals surface area contributed by atoms with E-state index >= 15 is 0 Å². The maximum atomic E-state index is 12.0. The first-order valence-corrected chi connectivity index (χ1v) is 10.3. The smallest absolute Gasteiger partial charge is 0.223 e. The summed E-state index contributed by atoms with van der Waals surface area (Å²) in [5, 5.41) is 8.82. The summed E-state index contributed by atoms with van der Waals surface area (Å²) in [6, 6.07) is 4.27. The Labute approximate surface area is 161 Å². The van der Waals surface area contributed by atoms with Crippen LogP contribution in [0.1, 0.15) is 35.5 Å². The van der Waals surface area contributed by atoms with E-state index < -0.39 is 0 Å². The number of rotatable bonds is 4. The Balaban J connectivity index is 1.32. The summed E-state index contributed by atoms with van der Waals surface area (Å²) in [6.07, 6.45) is 4.87. The molecule has 8 heteroatoms. The lowest BCUT2D eigenvalue weighted by atomic mass is 9.85. The highest BCUT2D eigenvalue weighted by Gasteiger charge is 2.26. The third kappa shape index (κ3) is 3.07. The van der Waals surface area contributed by atoms with Gasteiger partial charge in [0.15, 0.2) is 0 Å². The standard InChI is InChI=1S/C19H22N6OS/c1-12-7-16-17(21-11-22-19(16)27-12)24-5-6-25-15(10-24)8-14(23-25)9-20-18(26)13-3-2-4-13/h7-8,11,13H,2-6,9-10H2,1H3,(H,20,26). The molecule has 5 rings (SSSR count). The highest BCUT2D eigenvalue weighted by Crippen LogP contribution is 2.31. The molecule has 0 spiro atoms. The minimum Gasteiger partial charge on any atom is -0.350 e. The Hall–Kier alpha value is -2.48. The highest BCUT2D eigenvalue weighted by atomic mass is 32.1. The third-order valence-electron chi connectivity index (χ3n) is 5.50. The van der Waals surface area contributed by atoms with E-state index in [2.05, 4.69) is 49.0 Å². The summed E-state index contributed by atoms with van der Waals surface area (Å²) in [5.41, 5.74) is 2.09. The van der Waals surface area contributed by atoms with Crippen molar-refractivity contribution in [3.63, 3.8) is 0 Å². The molecule has 0 saturated heterocycles. The van der Waals surface area contributed by atoms with Crippen molar-refractivity contribution in [2.75, 3.05) is 11.4 Å². The third-order valence-corrected chi connectivity index (χ3v) is 6.46. The van der Waals surface area contributed by atoms with Crippen LogP contribution in [-0.2, 0) is 24.4 Å². The zero-order chi connectivity index (χ0) is 18.4. The predicted molar refractivity (Wildman–Crippen MR) is 105 cm³/mol. The van der Waals surface area contributed by atoms with Crippen LogP contribution in [0.5, 0.6) is 0 Å². The Morgan fingerprint density at radius 3 is 3.00 bits per heavy atom. The van der Waals surface area contributed by atoms with E-state index in [1.54, 1.807) is 17.7 Å². The van der Waals surface area contributed by atoms with Crippen LogP contribution in [0.2, 0.25) is 0 Å². The second-order valence-corrected chi connectivity index (χ2v) is 8.63. The van der Waals surface area contributed by atoms with Crippen molar-refractivity contribution >= 4 is 33.3 Å². The number of carbonyl (C=O) groups excluding carboxylic acids is 1. The fourth-order valence-corrected chi connectivity index (χ4v) is 4.64. The lowest BCUT2D eigenvalue weighted by Crippen LogP contribution is -2.34. The van der Waals surface area contributed by atoms with Crippen LogP contribution >= 0.6 is 11.3 Å². The van der Waals surface area contributed by atoms with Gasteiger partial charge in [0.1, 0.15) is 17.0 Å². The molecular formula is C19H22N6OS. The van der Waals surface area contributed by atoms with Crippen molar-refractivity contribution in [2.45, 2.75) is 45.8 Å². The molecular weight excluding hydrogens is 360 g/mol. The zero-order valence-corrected chi connectivity index (χ0v) is 16.1. The summed E-state index contributed by atoms with van der Waals surface area (Å²) >= 11 is 1.70. The Kier molecular flexibility index (Phi) is 4.07. The normalized spacial score (nSPS) is 17.0. The van der Waals surface area contributed by atoms with Crippen molar-refractivity contribution in [3.8, 4) is 0 Å². The van der Waals surface area contributed by atoms with Gasteiger partial charge >= 0.3 is 0 Å². The van der Waals surface area contributed by atoms with Gasteiger partial charge in [0.05, 0.1) is 36.4 Å². The number of aryl methyl sites for hydroxylation is 1. The first-order chi connectivity index (χ1) is 13.2. The van der Waals surface area contributed by atoms with Gasteiger partial charge in [-0.25, -0.2) is 9.97 Å². The minimum atomic E-state index is 0.171. The lowest BCUT2D eigenvalue weighted by molar-refractivity contribution is -0.127. The van der Waals surface area contributed by atoms with Crippen LogP contribution in [0.15, 0.2) is 18.5 Å². The van der Waals surface area contributed by atoms with Crippen molar-refractivity contribution in [1.82, 2.24) is 25.1 Å². The monoisotopic (exact) mass is 382 g/mol. The molecule has 0 aromatic carbocycles. The maximum absolute atomic E-state index is 12.0. The van der Waals surface area contributed by atoms with E-state index in [4.69, 9.17) is 0 Å². The lowest BCUT2D eigenvalue weighted by Gasteiger charge is -2.28. The molecule has 27 heavy (non-hydrogen) atoms. The first-order valence-electron chi connectivity index (χ1n) is 9.47. The molecule has 3 aromatic rings. The molecule has 1 aliphatic carbocycles. The minimum absolute atomic E-state index is 0.171. The molecule has 7 nitrogen and oxygen atoms in total. The molecule has 4 heterocycles. The van der Waals surface area contributed by atoms with Gasteiger partial charge < -0.3 is 10.2 Å². The van der Waals surface area contributed by atoms with Gasteiger partial charge in [0.25, 0.3) is 0 Å². The Bertz CT molecular complexity index is 1000. The molecule has 3 aromatic heterocycles. The molecule has 2 aliphatic rings. The highest BCUT2D eigenvalue weighted by molar-refractivity contribution is 7.18. The first kappa shape index (κ1) is 16.7. The van der Waals surface area contributed by atoms with E-state index in [0.717, 1.165) is 59.9 Å². The van der Waals surface area contributed by atoms with E-state index in [1.165, 1.54) is 11.3 Å². The number of nitrogens with one attached hydrogen (secondary N) is 1. The second-order valence-electron chi connectivity index (χ2n) is 7.39. The molecule has 1 saturated carbocycles. The zero-order valence-electron chi connectivity index (χ0n) is 15.3. The number of fused-ring (bicyclic) bond motifs is 2. The summed E-state index contributed by atoms with van der Waals surface area (Å²) in [7, 11) is 0. The summed E-state index contributed by atoms with van der Waals surface area (Å²) < 4.78 is 2.05. The predicted octanol–water partition coefficient (Wildman–Crippen LogP) is 2.63. The van der Waals surface area contributed by atoms with Gasteiger partial charge in [-0.05, 0) is 31.9 Å². The van der Waals surface area contributed by atoms with Gasteiger partial charge in [0, 0.05) is 17.3 Å². The van der Waals surface area contributed by atoms with Crippen molar-refractivity contribution in [1.29, 1.82) is 0 Å². The number of nitrogens with zero attached hydrogens (tertiary/aromatic N) is 5. The molecule has 1 fully saturated rings. The van der Waals surface area contributed by atoms with Crippen LogP contribution in [0.25, 0.3) is 10.2 Å². The summed E-state index contributed by atoms with van der Waals surface area (Å²) in [6.45, 7) is 5.07. The molecule has 1 amide bonds. The molecule has 0 atom stereocenters. The molecule has 1 N–H and O–H groups in total. The van der Waals surface area contributed by atoms with Crippen molar-refractivity contribution in [2.24, 2.45) is 5.92 Å². The van der Waals surface area contributed by atoms with E-state index in [-0.39, 0.29) is 11.8 Å². The summed E-state index contributed by atoms with van der Waals surface area (Å²) in [5.74, 6) is 1.38. The maximum Gasteiger partial charge on any atom is 0.223 e.